The van der Waals surface area contributed by atoms with Gasteiger partial charge in [-0.2, -0.15) is 5.10 Å². The highest BCUT2D eigenvalue weighted by Crippen LogP contribution is 2.43. The maximum atomic E-state index is 13.6. The quantitative estimate of drug-likeness (QED) is 0.455. The van der Waals surface area contributed by atoms with Crippen molar-refractivity contribution in [2.75, 3.05) is 5.73 Å². The van der Waals surface area contributed by atoms with E-state index in [0.29, 0.717) is 40.9 Å². The molecule has 162 valence electrons. The molecule has 5 N–H and O–H groups in total. The van der Waals surface area contributed by atoms with E-state index in [0.717, 1.165) is 5.39 Å². The minimum Gasteiger partial charge on any atom is -0.390 e. The zero-order valence-electron chi connectivity index (χ0n) is 17.4. The van der Waals surface area contributed by atoms with E-state index in [9.17, 15) is 14.3 Å². The molecule has 2 heterocycles. The van der Waals surface area contributed by atoms with Gasteiger partial charge in [0, 0.05) is 16.5 Å². The zero-order valence-corrected chi connectivity index (χ0v) is 17.4. The molecular weight excluding hydrogens is 409 g/mol. The number of pyridine rings is 1. The lowest BCUT2D eigenvalue weighted by Gasteiger charge is -2.41. The SMILES string of the molecule is CC1(O)CC(n2nc(-c3ccc4ccc(-c5cccc(F)c5)nc4c3)c(C(N)=O)c2N)C1. The normalized spacial score (nSPS) is 20.3. The van der Waals surface area contributed by atoms with Crippen molar-refractivity contribution in [1.82, 2.24) is 14.8 Å². The number of carbonyl (C=O) groups excluding carboxylic acids is 1. The van der Waals surface area contributed by atoms with Gasteiger partial charge in [0.05, 0.1) is 22.9 Å². The zero-order chi connectivity index (χ0) is 22.6. The van der Waals surface area contributed by atoms with Crippen LogP contribution in [0.2, 0.25) is 0 Å². The van der Waals surface area contributed by atoms with Crippen LogP contribution >= 0.6 is 0 Å². The number of halogens is 1. The number of benzene rings is 2. The first-order valence-corrected chi connectivity index (χ1v) is 10.3. The van der Waals surface area contributed by atoms with Crippen molar-refractivity contribution in [3.05, 3.63) is 66.0 Å². The lowest BCUT2D eigenvalue weighted by Crippen LogP contribution is -2.42. The number of carbonyl (C=O) groups is 1. The van der Waals surface area contributed by atoms with Gasteiger partial charge in [0.25, 0.3) is 5.91 Å². The molecule has 0 aliphatic heterocycles. The summed E-state index contributed by atoms with van der Waals surface area (Å²) in [6.45, 7) is 1.75. The standard InChI is InChI=1S/C24H22FN5O2/c1-24(32)11-17(12-24)30-22(26)20(23(27)31)21(29-30)15-6-5-13-7-8-18(28-19(13)10-15)14-3-2-4-16(25)9-14/h2-10,17,32H,11-12,26H2,1H3,(H2,27,31). The number of rotatable bonds is 4. The molecule has 0 unspecified atom stereocenters. The number of aliphatic hydroxyl groups is 1. The third-order valence-corrected chi connectivity index (χ3v) is 5.98. The number of nitrogen functional groups attached to an aromatic ring is 1. The summed E-state index contributed by atoms with van der Waals surface area (Å²) < 4.78 is 15.2. The average Bonchev–Trinajstić information content (AvgIpc) is 3.08. The van der Waals surface area contributed by atoms with Crippen molar-refractivity contribution >= 4 is 22.6 Å². The summed E-state index contributed by atoms with van der Waals surface area (Å²) in [5.41, 5.74) is 14.2. The maximum absolute atomic E-state index is 13.6. The van der Waals surface area contributed by atoms with Crippen LogP contribution in [0.5, 0.6) is 0 Å². The van der Waals surface area contributed by atoms with Crippen molar-refractivity contribution in [1.29, 1.82) is 0 Å². The number of hydrogen-bond acceptors (Lipinski definition) is 5. The van der Waals surface area contributed by atoms with Gasteiger partial charge in [-0.3, -0.25) is 4.79 Å². The van der Waals surface area contributed by atoms with Crippen molar-refractivity contribution in [2.45, 2.75) is 31.4 Å². The Morgan fingerprint density at radius 1 is 1.16 bits per heavy atom. The van der Waals surface area contributed by atoms with Crippen LogP contribution in [0.4, 0.5) is 10.2 Å². The number of amides is 1. The fourth-order valence-corrected chi connectivity index (χ4v) is 4.37. The van der Waals surface area contributed by atoms with Crippen LogP contribution in [-0.4, -0.2) is 31.4 Å². The van der Waals surface area contributed by atoms with Gasteiger partial charge in [0.15, 0.2) is 0 Å². The Kier molecular flexibility index (Phi) is 4.49. The number of hydrogen-bond donors (Lipinski definition) is 3. The van der Waals surface area contributed by atoms with Gasteiger partial charge < -0.3 is 16.6 Å². The highest BCUT2D eigenvalue weighted by atomic mass is 19.1. The summed E-state index contributed by atoms with van der Waals surface area (Å²) in [5.74, 6) is -0.814. The molecule has 1 saturated carbocycles. The van der Waals surface area contributed by atoms with Crippen molar-refractivity contribution in [3.8, 4) is 22.5 Å². The number of aromatic nitrogens is 3. The molecule has 1 aliphatic carbocycles. The molecule has 8 heteroatoms. The molecule has 1 aliphatic rings. The Labute approximate surface area is 183 Å². The van der Waals surface area contributed by atoms with Crippen molar-refractivity contribution in [2.24, 2.45) is 5.73 Å². The molecule has 32 heavy (non-hydrogen) atoms. The third kappa shape index (κ3) is 3.38. The lowest BCUT2D eigenvalue weighted by atomic mass is 9.77. The largest absolute Gasteiger partial charge is 0.390 e. The molecule has 5 rings (SSSR count). The number of nitrogens with two attached hydrogens (primary N) is 2. The Bertz CT molecular complexity index is 1370. The van der Waals surface area contributed by atoms with E-state index in [1.807, 2.05) is 30.3 Å². The second-order valence-corrected chi connectivity index (χ2v) is 8.59. The second kappa shape index (κ2) is 7.13. The monoisotopic (exact) mass is 431 g/mol. The first-order valence-electron chi connectivity index (χ1n) is 10.3. The summed E-state index contributed by atoms with van der Waals surface area (Å²) in [4.78, 5) is 16.9. The molecule has 7 nitrogen and oxygen atoms in total. The third-order valence-electron chi connectivity index (χ3n) is 5.98. The Morgan fingerprint density at radius 2 is 1.91 bits per heavy atom. The van der Waals surface area contributed by atoms with E-state index in [-0.39, 0.29) is 23.2 Å². The van der Waals surface area contributed by atoms with E-state index in [1.54, 1.807) is 23.7 Å². The second-order valence-electron chi connectivity index (χ2n) is 8.59. The van der Waals surface area contributed by atoms with E-state index < -0.39 is 11.5 Å². The van der Waals surface area contributed by atoms with Gasteiger partial charge in [-0.1, -0.05) is 30.3 Å². The molecule has 2 aromatic heterocycles. The lowest BCUT2D eigenvalue weighted by molar-refractivity contribution is -0.0535. The summed E-state index contributed by atoms with van der Waals surface area (Å²) in [6.07, 6.45) is 0.986. The molecule has 4 aromatic rings. The predicted octanol–water partition coefficient (Wildman–Crippen LogP) is 3.67. The van der Waals surface area contributed by atoms with Gasteiger partial charge in [-0.15, -0.1) is 0 Å². The smallest absolute Gasteiger partial charge is 0.254 e. The van der Waals surface area contributed by atoms with E-state index in [1.165, 1.54) is 12.1 Å². The highest BCUT2D eigenvalue weighted by Gasteiger charge is 2.41. The van der Waals surface area contributed by atoms with E-state index >= 15 is 0 Å². The van der Waals surface area contributed by atoms with Gasteiger partial charge in [-0.25, -0.2) is 14.1 Å². The molecule has 0 spiro atoms. The van der Waals surface area contributed by atoms with Crippen LogP contribution in [0.25, 0.3) is 33.4 Å². The van der Waals surface area contributed by atoms with Crippen LogP contribution in [0.3, 0.4) is 0 Å². The molecule has 1 fully saturated rings. The van der Waals surface area contributed by atoms with Gasteiger partial charge in [0.1, 0.15) is 22.9 Å². The number of nitrogens with zero attached hydrogens (tertiary/aromatic N) is 3. The van der Waals surface area contributed by atoms with Crippen LogP contribution < -0.4 is 11.5 Å². The molecule has 1 amide bonds. The van der Waals surface area contributed by atoms with Gasteiger partial charge in [0.2, 0.25) is 0 Å². The molecule has 0 bridgehead atoms. The molecule has 2 aromatic carbocycles. The first kappa shape index (κ1) is 20.1. The van der Waals surface area contributed by atoms with Gasteiger partial charge in [-0.05, 0) is 44.0 Å². The molecule has 0 atom stereocenters. The predicted molar refractivity (Wildman–Crippen MR) is 120 cm³/mol. The topological polar surface area (TPSA) is 120 Å². The Morgan fingerprint density at radius 3 is 2.59 bits per heavy atom. The van der Waals surface area contributed by atoms with Crippen LogP contribution in [0.1, 0.15) is 36.2 Å². The highest BCUT2D eigenvalue weighted by molar-refractivity contribution is 6.04. The number of fused-ring (bicyclic) bond motifs is 1. The molecular formula is C24H22FN5O2. The van der Waals surface area contributed by atoms with Gasteiger partial charge >= 0.3 is 0 Å². The molecule has 0 radical (unpaired) electrons. The maximum Gasteiger partial charge on any atom is 0.254 e. The summed E-state index contributed by atoms with van der Waals surface area (Å²) in [7, 11) is 0. The van der Waals surface area contributed by atoms with E-state index in [2.05, 4.69) is 10.1 Å². The first-order chi connectivity index (χ1) is 15.2. The summed E-state index contributed by atoms with van der Waals surface area (Å²) in [5, 5.41) is 15.6. The molecule has 0 saturated heterocycles. The fourth-order valence-electron chi connectivity index (χ4n) is 4.37. The van der Waals surface area contributed by atoms with E-state index in [4.69, 9.17) is 11.5 Å². The van der Waals surface area contributed by atoms with Crippen molar-refractivity contribution < 1.29 is 14.3 Å². The number of anilines is 1. The van der Waals surface area contributed by atoms with Crippen LogP contribution in [0, 0.1) is 5.82 Å². The fraction of sp³-hybridized carbons (Fsp3) is 0.208. The minimum atomic E-state index is -0.768. The van der Waals surface area contributed by atoms with Crippen LogP contribution in [0.15, 0.2) is 54.6 Å². The summed E-state index contributed by atoms with van der Waals surface area (Å²) >= 11 is 0. The minimum absolute atomic E-state index is 0.102. The Balaban J connectivity index is 1.60. The average molecular weight is 431 g/mol. The number of primary amides is 1. The van der Waals surface area contributed by atoms with Crippen molar-refractivity contribution in [3.63, 3.8) is 0 Å². The summed E-state index contributed by atoms with van der Waals surface area (Å²) in [6, 6.07) is 15.4. The van der Waals surface area contributed by atoms with Crippen LogP contribution in [-0.2, 0) is 0 Å². The Hall–Kier alpha value is -3.78.